The van der Waals surface area contributed by atoms with Crippen LogP contribution in [0.2, 0.25) is 0 Å². The Bertz CT molecular complexity index is 946. The van der Waals surface area contributed by atoms with Crippen LogP contribution < -0.4 is 0 Å². The molecule has 7 atom stereocenters. The van der Waals surface area contributed by atoms with Gasteiger partial charge in [0.1, 0.15) is 12.2 Å². The Morgan fingerprint density at radius 3 is 2.41 bits per heavy atom. The first-order chi connectivity index (χ1) is 16.2. The number of esters is 2. The molecule has 0 saturated heterocycles. The molecule has 2 unspecified atom stereocenters. The molecule has 4 rings (SSSR count). The molecule has 3 aliphatic carbocycles. The summed E-state index contributed by atoms with van der Waals surface area (Å²) in [4.78, 5) is 28.8. The number of fused-ring (bicyclic) bond motifs is 2. The number of hydrogen-bond donors (Lipinski definition) is 0. The summed E-state index contributed by atoms with van der Waals surface area (Å²) in [5.74, 6) is 2.49. The normalized spacial score (nSPS) is 33.6. The Labute approximate surface area is 203 Å². The number of carbonyl (C=O) groups excluding carboxylic acids is 2. The van der Waals surface area contributed by atoms with E-state index in [1.807, 2.05) is 17.8 Å². The van der Waals surface area contributed by atoms with Gasteiger partial charge < -0.3 is 14.0 Å². The fraction of sp³-hybridized carbons (Fsp3) is 0.679. The number of aromatic nitrogens is 2. The van der Waals surface area contributed by atoms with E-state index in [1.54, 1.807) is 12.4 Å². The van der Waals surface area contributed by atoms with E-state index in [9.17, 15) is 9.59 Å². The van der Waals surface area contributed by atoms with Crippen LogP contribution in [0.5, 0.6) is 0 Å². The molecule has 3 aliphatic rings. The first kappa shape index (κ1) is 24.7. The van der Waals surface area contributed by atoms with Crippen molar-refractivity contribution in [2.45, 2.75) is 78.4 Å². The summed E-state index contributed by atoms with van der Waals surface area (Å²) in [6.45, 7) is 8.35. The van der Waals surface area contributed by atoms with Crippen LogP contribution in [0.4, 0.5) is 0 Å². The molecular formula is C28H40N2O4. The van der Waals surface area contributed by atoms with Crippen molar-refractivity contribution >= 4 is 18.0 Å². The summed E-state index contributed by atoms with van der Waals surface area (Å²) in [5.41, 5.74) is 2.14. The van der Waals surface area contributed by atoms with E-state index < -0.39 is 0 Å². The van der Waals surface area contributed by atoms with Crippen molar-refractivity contribution in [1.29, 1.82) is 0 Å². The Morgan fingerprint density at radius 2 is 1.79 bits per heavy atom. The molecule has 2 fully saturated rings. The van der Waals surface area contributed by atoms with E-state index in [0.717, 1.165) is 44.2 Å². The molecular weight excluding hydrogens is 428 g/mol. The highest BCUT2D eigenvalue weighted by Gasteiger charge is 2.46. The standard InChI is InChI=1S/C28H40N2O4/c1-17(2)25-8-6-18(3)26-13-24(34-28(32)9-7-22-15-30(5)16-29-22)12-21-10-20(21)11-23(14-27(25)26)33-19(4)31/h6-7,9,15-17,20-21,23-27H,8,10-14H2,1-5H3/t20?,21?,23-,24-,25-,26+,27-/m1/s1. The molecule has 0 amide bonds. The van der Waals surface area contributed by atoms with Crippen LogP contribution in [0.1, 0.15) is 71.9 Å². The first-order valence-corrected chi connectivity index (χ1v) is 12.9. The fourth-order valence-corrected chi connectivity index (χ4v) is 6.40. The number of carbonyl (C=O) groups is 2. The van der Waals surface area contributed by atoms with Gasteiger partial charge in [0.15, 0.2) is 0 Å². The van der Waals surface area contributed by atoms with Crippen molar-refractivity contribution in [2.75, 3.05) is 0 Å². The van der Waals surface area contributed by atoms with Crippen LogP contribution in [0.25, 0.3) is 6.08 Å². The van der Waals surface area contributed by atoms with Crippen molar-refractivity contribution in [3.63, 3.8) is 0 Å². The lowest BCUT2D eigenvalue weighted by atomic mass is 9.64. The number of ether oxygens (including phenoxy) is 2. The van der Waals surface area contributed by atoms with Crippen LogP contribution in [0.3, 0.4) is 0 Å². The van der Waals surface area contributed by atoms with Gasteiger partial charge in [0.05, 0.1) is 12.0 Å². The Balaban J connectivity index is 1.53. The fourth-order valence-electron chi connectivity index (χ4n) is 6.40. The highest BCUT2D eigenvalue weighted by Crippen LogP contribution is 2.51. The van der Waals surface area contributed by atoms with Gasteiger partial charge in [-0.1, -0.05) is 25.5 Å². The number of aryl methyl sites for hydroxylation is 1. The van der Waals surface area contributed by atoms with Gasteiger partial charge >= 0.3 is 11.9 Å². The minimum absolute atomic E-state index is 0.00689. The molecule has 0 spiro atoms. The van der Waals surface area contributed by atoms with Gasteiger partial charge in [-0.15, -0.1) is 0 Å². The van der Waals surface area contributed by atoms with Gasteiger partial charge in [0.25, 0.3) is 0 Å². The zero-order valence-electron chi connectivity index (χ0n) is 21.3. The smallest absolute Gasteiger partial charge is 0.331 e. The van der Waals surface area contributed by atoms with Crippen LogP contribution in [0.15, 0.2) is 30.2 Å². The molecule has 0 aliphatic heterocycles. The Kier molecular flexibility index (Phi) is 7.63. The molecule has 0 aromatic carbocycles. The van der Waals surface area contributed by atoms with Crippen LogP contribution in [-0.2, 0) is 26.1 Å². The number of hydrogen-bond acceptors (Lipinski definition) is 5. The monoisotopic (exact) mass is 468 g/mol. The minimum Gasteiger partial charge on any atom is -0.463 e. The SMILES string of the molecule is CC(=O)O[C@@H]1CC2CC2C[C@@H](OC(=O)C=Cc2cn(C)cn2)C[C@H]2C(C)=CC[C@H](C(C)C)[C@H]2C1. The third-order valence-corrected chi connectivity index (χ3v) is 8.20. The molecule has 6 nitrogen and oxygen atoms in total. The highest BCUT2D eigenvalue weighted by atomic mass is 16.5. The molecule has 1 heterocycles. The second kappa shape index (κ2) is 10.5. The zero-order chi connectivity index (χ0) is 24.4. The van der Waals surface area contributed by atoms with E-state index in [0.29, 0.717) is 35.5 Å². The van der Waals surface area contributed by atoms with E-state index in [1.165, 1.54) is 18.6 Å². The number of allylic oxidation sites excluding steroid dienone is 2. The lowest BCUT2D eigenvalue weighted by Crippen LogP contribution is -2.38. The lowest BCUT2D eigenvalue weighted by Gasteiger charge is -2.43. The van der Waals surface area contributed by atoms with Gasteiger partial charge in [-0.05, 0) is 87.0 Å². The topological polar surface area (TPSA) is 70.4 Å². The van der Waals surface area contributed by atoms with E-state index in [-0.39, 0.29) is 24.1 Å². The highest BCUT2D eigenvalue weighted by molar-refractivity contribution is 5.86. The number of rotatable bonds is 5. The third-order valence-electron chi connectivity index (χ3n) is 8.20. The predicted molar refractivity (Wildman–Crippen MR) is 131 cm³/mol. The van der Waals surface area contributed by atoms with Crippen molar-refractivity contribution < 1.29 is 19.1 Å². The molecule has 6 heteroatoms. The first-order valence-electron chi connectivity index (χ1n) is 12.9. The number of nitrogens with zero attached hydrogens (tertiary/aromatic N) is 2. The summed E-state index contributed by atoms with van der Waals surface area (Å²) in [6.07, 6.45) is 14.9. The van der Waals surface area contributed by atoms with E-state index >= 15 is 0 Å². The molecule has 0 radical (unpaired) electrons. The average molecular weight is 469 g/mol. The maximum Gasteiger partial charge on any atom is 0.331 e. The van der Waals surface area contributed by atoms with Crippen molar-refractivity contribution in [3.05, 3.63) is 35.9 Å². The predicted octanol–water partition coefficient (Wildman–Crippen LogP) is 5.34. The zero-order valence-corrected chi connectivity index (χ0v) is 21.3. The molecule has 1 aromatic rings. The molecule has 0 N–H and O–H groups in total. The minimum atomic E-state index is -0.294. The maximum absolute atomic E-state index is 12.7. The Morgan fingerprint density at radius 1 is 1.09 bits per heavy atom. The number of imidazole rings is 1. The molecule has 186 valence electrons. The quantitative estimate of drug-likeness (QED) is 0.331. The van der Waals surface area contributed by atoms with Crippen LogP contribution >= 0.6 is 0 Å². The van der Waals surface area contributed by atoms with Gasteiger partial charge in [-0.2, -0.15) is 0 Å². The van der Waals surface area contributed by atoms with Crippen molar-refractivity contribution in [1.82, 2.24) is 9.55 Å². The maximum atomic E-state index is 12.7. The van der Waals surface area contributed by atoms with Crippen LogP contribution in [0, 0.1) is 35.5 Å². The van der Waals surface area contributed by atoms with Crippen molar-refractivity contribution in [3.8, 4) is 0 Å². The van der Waals surface area contributed by atoms with Crippen molar-refractivity contribution in [2.24, 2.45) is 42.6 Å². The van der Waals surface area contributed by atoms with E-state index in [2.05, 4.69) is 31.8 Å². The van der Waals surface area contributed by atoms with Gasteiger partial charge in [0, 0.05) is 26.2 Å². The molecule has 34 heavy (non-hydrogen) atoms. The summed E-state index contributed by atoms with van der Waals surface area (Å²) in [7, 11) is 1.90. The van der Waals surface area contributed by atoms with Gasteiger partial charge in [-0.3, -0.25) is 4.79 Å². The average Bonchev–Trinajstić information content (AvgIpc) is 3.33. The van der Waals surface area contributed by atoms with Gasteiger partial charge in [0.2, 0.25) is 0 Å². The summed E-state index contributed by atoms with van der Waals surface area (Å²) < 4.78 is 13.8. The second-order valence-electron chi connectivity index (χ2n) is 11.1. The largest absolute Gasteiger partial charge is 0.463 e. The molecule has 0 bridgehead atoms. The lowest BCUT2D eigenvalue weighted by molar-refractivity contribution is -0.150. The summed E-state index contributed by atoms with van der Waals surface area (Å²) in [6, 6.07) is 0. The molecule has 2 saturated carbocycles. The Hall–Kier alpha value is -2.37. The van der Waals surface area contributed by atoms with Crippen LogP contribution in [-0.4, -0.2) is 33.7 Å². The van der Waals surface area contributed by atoms with E-state index in [4.69, 9.17) is 9.47 Å². The summed E-state index contributed by atoms with van der Waals surface area (Å²) >= 11 is 0. The molecule has 1 aromatic heterocycles. The van der Waals surface area contributed by atoms with Gasteiger partial charge in [-0.25, -0.2) is 9.78 Å². The summed E-state index contributed by atoms with van der Waals surface area (Å²) in [5, 5.41) is 0. The second-order valence-corrected chi connectivity index (χ2v) is 11.1. The third kappa shape index (κ3) is 6.19.